The van der Waals surface area contributed by atoms with Crippen LogP contribution in [0.2, 0.25) is 0 Å². The fraction of sp³-hybridized carbons (Fsp3) is 0.263. The maximum atomic E-state index is 12.4. The third kappa shape index (κ3) is 3.59. The number of hydrogen-bond acceptors (Lipinski definition) is 2. The zero-order chi connectivity index (χ0) is 16.2. The molecule has 0 aromatic heterocycles. The molecule has 1 amide bonds. The summed E-state index contributed by atoms with van der Waals surface area (Å²) in [6, 6.07) is 14.0. The standard InChI is InChI=1S/C19H19NO3/c21-18(16-10-9-14-7-4-8-15(14)12-16)20-17(19(22)23)11-13-5-2-1-3-6-13/h1-3,5-6,9-10,12,17H,4,7-8,11H2,(H,20,21)(H,22,23)/t17-/m1/s1. The van der Waals surface area contributed by atoms with Gasteiger partial charge < -0.3 is 10.4 Å². The maximum absolute atomic E-state index is 12.4. The van der Waals surface area contributed by atoms with Crippen LogP contribution in [-0.2, 0) is 24.1 Å². The summed E-state index contributed by atoms with van der Waals surface area (Å²) in [5.41, 5.74) is 3.91. The summed E-state index contributed by atoms with van der Waals surface area (Å²) in [5, 5.41) is 12.0. The predicted octanol–water partition coefficient (Wildman–Crippen LogP) is 2.60. The second kappa shape index (κ2) is 6.65. The lowest BCUT2D eigenvalue weighted by Crippen LogP contribution is -2.42. The van der Waals surface area contributed by atoms with Crippen molar-refractivity contribution in [2.45, 2.75) is 31.7 Å². The first-order valence-electron chi connectivity index (χ1n) is 7.83. The normalized spacial score (nSPS) is 14.1. The van der Waals surface area contributed by atoms with Gasteiger partial charge in [0, 0.05) is 12.0 Å². The summed E-state index contributed by atoms with van der Waals surface area (Å²) >= 11 is 0. The third-order valence-electron chi connectivity index (χ3n) is 4.25. The number of carboxylic acids is 1. The van der Waals surface area contributed by atoms with E-state index >= 15 is 0 Å². The molecule has 118 valence electrons. The Morgan fingerprint density at radius 3 is 2.52 bits per heavy atom. The Labute approximate surface area is 135 Å². The molecule has 23 heavy (non-hydrogen) atoms. The Morgan fingerprint density at radius 1 is 1.04 bits per heavy atom. The molecule has 3 rings (SSSR count). The number of carboxylic acid groups (broad SMARTS) is 1. The number of aliphatic carboxylic acids is 1. The quantitative estimate of drug-likeness (QED) is 0.892. The maximum Gasteiger partial charge on any atom is 0.326 e. The Kier molecular flexibility index (Phi) is 4.42. The van der Waals surface area contributed by atoms with E-state index in [1.165, 1.54) is 11.1 Å². The van der Waals surface area contributed by atoms with Gasteiger partial charge in [0.25, 0.3) is 5.91 Å². The molecule has 0 fully saturated rings. The number of hydrogen-bond donors (Lipinski definition) is 2. The molecule has 0 saturated heterocycles. The summed E-state index contributed by atoms with van der Waals surface area (Å²) in [7, 11) is 0. The number of benzene rings is 2. The van der Waals surface area contributed by atoms with Gasteiger partial charge in [-0.1, -0.05) is 36.4 Å². The van der Waals surface area contributed by atoms with Gasteiger partial charge in [-0.3, -0.25) is 4.79 Å². The van der Waals surface area contributed by atoms with E-state index in [0.717, 1.165) is 24.8 Å². The van der Waals surface area contributed by atoms with Crippen molar-refractivity contribution in [3.63, 3.8) is 0 Å². The van der Waals surface area contributed by atoms with Crippen molar-refractivity contribution in [1.29, 1.82) is 0 Å². The summed E-state index contributed by atoms with van der Waals surface area (Å²) in [5.74, 6) is -1.36. The lowest BCUT2D eigenvalue weighted by molar-refractivity contribution is -0.139. The number of carbonyl (C=O) groups excluding carboxylic acids is 1. The number of nitrogens with one attached hydrogen (secondary N) is 1. The highest BCUT2D eigenvalue weighted by Gasteiger charge is 2.22. The van der Waals surface area contributed by atoms with Gasteiger partial charge in [0.05, 0.1) is 0 Å². The van der Waals surface area contributed by atoms with Gasteiger partial charge in [-0.2, -0.15) is 0 Å². The largest absolute Gasteiger partial charge is 0.480 e. The van der Waals surface area contributed by atoms with Crippen LogP contribution in [0.4, 0.5) is 0 Å². The molecule has 0 saturated carbocycles. The van der Waals surface area contributed by atoms with Crippen molar-refractivity contribution in [3.05, 3.63) is 70.8 Å². The second-order valence-electron chi connectivity index (χ2n) is 5.89. The summed E-state index contributed by atoms with van der Waals surface area (Å²) < 4.78 is 0. The van der Waals surface area contributed by atoms with Gasteiger partial charge in [-0.25, -0.2) is 4.79 Å². The number of amides is 1. The number of carbonyl (C=O) groups is 2. The van der Waals surface area contributed by atoms with Crippen molar-refractivity contribution in [2.24, 2.45) is 0 Å². The van der Waals surface area contributed by atoms with E-state index < -0.39 is 12.0 Å². The Morgan fingerprint density at radius 2 is 1.78 bits per heavy atom. The van der Waals surface area contributed by atoms with Crippen molar-refractivity contribution in [3.8, 4) is 0 Å². The van der Waals surface area contributed by atoms with Crippen LogP contribution in [0, 0.1) is 0 Å². The molecule has 1 aliphatic carbocycles. The average molecular weight is 309 g/mol. The molecule has 2 aromatic rings. The molecule has 2 N–H and O–H groups in total. The summed E-state index contributed by atoms with van der Waals surface area (Å²) in [6.45, 7) is 0. The summed E-state index contributed by atoms with van der Waals surface area (Å²) in [4.78, 5) is 23.8. The third-order valence-corrected chi connectivity index (χ3v) is 4.25. The molecule has 0 heterocycles. The molecule has 4 nitrogen and oxygen atoms in total. The van der Waals surface area contributed by atoms with E-state index in [1.54, 1.807) is 6.07 Å². The fourth-order valence-electron chi connectivity index (χ4n) is 3.00. The van der Waals surface area contributed by atoms with Crippen LogP contribution >= 0.6 is 0 Å². The van der Waals surface area contributed by atoms with Crippen molar-refractivity contribution >= 4 is 11.9 Å². The van der Waals surface area contributed by atoms with E-state index in [1.807, 2.05) is 42.5 Å². The molecule has 0 spiro atoms. The van der Waals surface area contributed by atoms with E-state index in [2.05, 4.69) is 5.32 Å². The molecule has 0 unspecified atom stereocenters. The zero-order valence-corrected chi connectivity index (χ0v) is 12.8. The van der Waals surface area contributed by atoms with E-state index in [-0.39, 0.29) is 12.3 Å². The van der Waals surface area contributed by atoms with E-state index in [4.69, 9.17) is 0 Å². The van der Waals surface area contributed by atoms with Crippen LogP contribution < -0.4 is 5.32 Å². The van der Waals surface area contributed by atoms with Gasteiger partial charge in [0.15, 0.2) is 0 Å². The van der Waals surface area contributed by atoms with Gasteiger partial charge in [0.1, 0.15) is 6.04 Å². The van der Waals surface area contributed by atoms with Crippen molar-refractivity contribution in [1.82, 2.24) is 5.32 Å². The van der Waals surface area contributed by atoms with E-state index in [0.29, 0.717) is 5.56 Å². The minimum Gasteiger partial charge on any atom is -0.480 e. The van der Waals surface area contributed by atoms with Crippen LogP contribution in [-0.4, -0.2) is 23.0 Å². The molecule has 0 bridgehead atoms. The minimum absolute atomic E-state index is 0.271. The topological polar surface area (TPSA) is 66.4 Å². The number of rotatable bonds is 5. The SMILES string of the molecule is O=C(N[C@H](Cc1ccccc1)C(=O)O)c1ccc2c(c1)CCC2. The first kappa shape index (κ1) is 15.3. The summed E-state index contributed by atoms with van der Waals surface area (Å²) in [6.07, 6.45) is 3.44. The molecule has 1 aliphatic rings. The molecule has 2 aromatic carbocycles. The first-order chi connectivity index (χ1) is 11.1. The second-order valence-corrected chi connectivity index (χ2v) is 5.89. The van der Waals surface area contributed by atoms with Crippen LogP contribution in [0.5, 0.6) is 0 Å². The van der Waals surface area contributed by atoms with Crippen LogP contribution in [0.25, 0.3) is 0 Å². The van der Waals surface area contributed by atoms with Crippen LogP contribution in [0.1, 0.15) is 33.5 Å². The lowest BCUT2D eigenvalue weighted by atomic mass is 10.0. The van der Waals surface area contributed by atoms with Crippen molar-refractivity contribution in [2.75, 3.05) is 0 Å². The Bertz CT molecular complexity index is 725. The monoisotopic (exact) mass is 309 g/mol. The lowest BCUT2D eigenvalue weighted by Gasteiger charge is -2.15. The van der Waals surface area contributed by atoms with Crippen LogP contribution in [0.3, 0.4) is 0 Å². The van der Waals surface area contributed by atoms with E-state index in [9.17, 15) is 14.7 Å². The first-order valence-corrected chi connectivity index (χ1v) is 7.83. The Hall–Kier alpha value is -2.62. The molecule has 1 atom stereocenters. The predicted molar refractivity (Wildman–Crippen MR) is 87.5 cm³/mol. The molecule has 0 aliphatic heterocycles. The van der Waals surface area contributed by atoms with Gasteiger partial charge in [-0.15, -0.1) is 0 Å². The molecular formula is C19H19NO3. The number of fused-ring (bicyclic) bond motifs is 1. The highest BCUT2D eigenvalue weighted by atomic mass is 16.4. The fourth-order valence-corrected chi connectivity index (χ4v) is 3.00. The number of aryl methyl sites for hydroxylation is 2. The van der Waals surface area contributed by atoms with Gasteiger partial charge >= 0.3 is 5.97 Å². The minimum atomic E-state index is -1.02. The van der Waals surface area contributed by atoms with Crippen LogP contribution in [0.15, 0.2) is 48.5 Å². The Balaban J connectivity index is 1.72. The molecule has 0 radical (unpaired) electrons. The van der Waals surface area contributed by atoms with Gasteiger partial charge in [0.2, 0.25) is 0 Å². The van der Waals surface area contributed by atoms with Crippen molar-refractivity contribution < 1.29 is 14.7 Å². The average Bonchev–Trinajstić information content (AvgIpc) is 3.02. The molecule has 4 heteroatoms. The highest BCUT2D eigenvalue weighted by Crippen LogP contribution is 2.22. The highest BCUT2D eigenvalue weighted by molar-refractivity contribution is 5.96. The molecular weight excluding hydrogens is 290 g/mol. The zero-order valence-electron chi connectivity index (χ0n) is 12.8. The smallest absolute Gasteiger partial charge is 0.326 e. The van der Waals surface area contributed by atoms with Gasteiger partial charge in [-0.05, 0) is 48.1 Å².